The molecule has 0 heterocycles. The number of ether oxygens (including phenoxy) is 1. The summed E-state index contributed by atoms with van der Waals surface area (Å²) in [5.74, 6) is 0.252. The van der Waals surface area contributed by atoms with Crippen molar-refractivity contribution in [3.8, 4) is 0 Å². The Labute approximate surface area is 107 Å². The number of methoxy groups -OCH3 is 1. The van der Waals surface area contributed by atoms with Crippen LogP contribution in [0.4, 0.5) is 0 Å². The maximum Gasteiger partial charge on any atom is 0.180 e. The lowest BCUT2D eigenvalue weighted by Crippen LogP contribution is -2.17. The molecule has 0 aromatic carbocycles. The van der Waals surface area contributed by atoms with Crippen molar-refractivity contribution in [2.24, 2.45) is 0 Å². The molecule has 0 rings (SSSR count). The second-order valence-corrected chi connectivity index (χ2v) is 6.90. The highest BCUT2D eigenvalue weighted by molar-refractivity contribution is 7.62. The molecule has 0 bridgehead atoms. The van der Waals surface area contributed by atoms with Crippen LogP contribution >= 0.6 is 7.29 Å². The monoisotopic (exact) mass is 254 g/mol. The van der Waals surface area contributed by atoms with Crippen LogP contribution in [0, 0.1) is 5.41 Å². The molecule has 0 saturated carbocycles. The fraction of sp³-hybridized carbons (Fsp3) is 0.900. The van der Waals surface area contributed by atoms with Crippen LogP contribution < -0.4 is 5.09 Å². The van der Waals surface area contributed by atoms with E-state index in [-0.39, 0.29) is 5.90 Å². The van der Waals surface area contributed by atoms with Gasteiger partial charge in [0.15, 0.2) is 5.90 Å². The summed E-state index contributed by atoms with van der Waals surface area (Å²) in [7, 11) is 9.99. The van der Waals surface area contributed by atoms with E-state index >= 15 is 0 Å². The maximum atomic E-state index is 12.4. The van der Waals surface area contributed by atoms with Gasteiger partial charge in [-0.1, -0.05) is 19.1 Å². The summed E-state index contributed by atoms with van der Waals surface area (Å²) in [4.78, 5) is 0. The van der Waals surface area contributed by atoms with E-state index < -0.39 is 7.29 Å². The van der Waals surface area contributed by atoms with Gasteiger partial charge in [-0.05, 0) is 6.42 Å². The van der Waals surface area contributed by atoms with E-state index in [4.69, 9.17) is 25.8 Å². The zero-order chi connectivity index (χ0) is 13.1. The lowest BCUT2D eigenvalue weighted by atomic mass is 10.0. The first-order chi connectivity index (χ1) is 8.08. The largest absolute Gasteiger partial charge is 0.484 e. The van der Waals surface area contributed by atoms with Crippen molar-refractivity contribution in [3.63, 3.8) is 0 Å². The summed E-state index contributed by atoms with van der Waals surface area (Å²) < 4.78 is 17.1. The van der Waals surface area contributed by atoms with Gasteiger partial charge in [0.2, 0.25) is 0 Å². The fourth-order valence-electron chi connectivity index (χ4n) is 1.46. The van der Waals surface area contributed by atoms with E-state index in [0.29, 0.717) is 37.9 Å². The second kappa shape index (κ2) is 9.78. The Kier molecular flexibility index (Phi) is 9.66. The molecule has 17 heavy (non-hydrogen) atoms. The van der Waals surface area contributed by atoms with Crippen LogP contribution in [0.3, 0.4) is 0 Å². The molecule has 4 nitrogen and oxygen atoms in total. The molecule has 1 atom stereocenters. The molecule has 0 fully saturated rings. The molecule has 94 valence electrons. The average molecular weight is 254 g/mol. The summed E-state index contributed by atoms with van der Waals surface area (Å²) in [6.07, 6.45) is 4.12. The zero-order valence-electron chi connectivity index (χ0n) is 10.6. The van der Waals surface area contributed by atoms with Crippen LogP contribution in [-0.2, 0) is 9.30 Å². The predicted molar refractivity (Wildman–Crippen MR) is 75.1 cm³/mol. The van der Waals surface area contributed by atoms with E-state index in [1.54, 1.807) is 0 Å². The summed E-state index contributed by atoms with van der Waals surface area (Å²) in [5.41, 5.74) is 0. The third kappa shape index (κ3) is 8.50. The number of rotatable bonds is 10. The third-order valence-electron chi connectivity index (χ3n) is 2.44. The number of hydrogen-bond donors (Lipinski definition) is 2. The van der Waals surface area contributed by atoms with Gasteiger partial charge in [-0.3, -0.25) is 10.5 Å². The molecule has 0 amide bonds. The van der Waals surface area contributed by atoms with Crippen molar-refractivity contribution in [2.75, 3.05) is 26.0 Å². The molecule has 0 aliphatic rings. The first-order valence-electron chi connectivity index (χ1n) is 5.92. The molecule has 0 aromatic rings. The highest BCUT2D eigenvalue weighted by Crippen LogP contribution is 2.42. The van der Waals surface area contributed by atoms with Crippen LogP contribution in [0.1, 0.15) is 19.3 Å². The summed E-state index contributed by atoms with van der Waals surface area (Å²) >= 11 is 0. The Morgan fingerprint density at radius 1 is 1.29 bits per heavy atom. The highest BCUT2D eigenvalue weighted by Gasteiger charge is 2.18. The van der Waals surface area contributed by atoms with E-state index in [1.165, 1.54) is 7.11 Å². The molecule has 0 aliphatic heterocycles. The van der Waals surface area contributed by atoms with Gasteiger partial charge in [0, 0.05) is 25.3 Å². The summed E-state index contributed by atoms with van der Waals surface area (Å²) in [6, 6.07) is 0. The normalized spacial score (nSPS) is 14.2. The summed E-state index contributed by atoms with van der Waals surface area (Å²) in [5, 5.41) is 10.4. The Hall–Kier alpha value is -0.210. The molecule has 7 heteroatoms. The molecule has 0 spiro atoms. The Morgan fingerprint density at radius 3 is 2.53 bits per heavy atom. The minimum atomic E-state index is -2.37. The molecule has 2 N–H and O–H groups in total. The van der Waals surface area contributed by atoms with E-state index in [0.717, 1.165) is 12.8 Å². The van der Waals surface area contributed by atoms with Gasteiger partial charge in [0.25, 0.3) is 0 Å². The maximum absolute atomic E-state index is 12.4. The van der Waals surface area contributed by atoms with Crippen molar-refractivity contribution >= 4 is 28.9 Å². The van der Waals surface area contributed by atoms with Crippen molar-refractivity contribution in [3.05, 3.63) is 0 Å². The Morgan fingerprint density at radius 2 is 2.00 bits per heavy atom. The molecular formula is C10H21B2N2O2P. The summed E-state index contributed by atoms with van der Waals surface area (Å²) in [6.45, 7) is 0.619. The molecular weight excluding hydrogens is 233 g/mol. The van der Waals surface area contributed by atoms with Gasteiger partial charge in [-0.15, -0.1) is 0 Å². The van der Waals surface area contributed by atoms with Gasteiger partial charge >= 0.3 is 0 Å². The lowest BCUT2D eigenvalue weighted by molar-refractivity contribution is 0.384. The highest BCUT2D eigenvalue weighted by atomic mass is 31.2. The molecule has 0 aliphatic carbocycles. The van der Waals surface area contributed by atoms with Crippen LogP contribution in [0.25, 0.3) is 0 Å². The second-order valence-electron chi connectivity index (χ2n) is 3.91. The van der Waals surface area contributed by atoms with E-state index in [1.807, 2.05) is 0 Å². The molecule has 0 saturated heterocycles. The molecule has 4 radical (unpaired) electrons. The SMILES string of the molecule is [B]CCCP(=O)(CC[B])NCCCC(=N)OC. The smallest absolute Gasteiger partial charge is 0.180 e. The minimum absolute atomic E-state index is 0.252. The van der Waals surface area contributed by atoms with Gasteiger partial charge in [-0.2, -0.15) is 0 Å². The zero-order valence-corrected chi connectivity index (χ0v) is 11.5. The topological polar surface area (TPSA) is 62.2 Å². The van der Waals surface area contributed by atoms with E-state index in [9.17, 15) is 4.57 Å². The van der Waals surface area contributed by atoms with Crippen molar-refractivity contribution in [2.45, 2.75) is 31.9 Å². The standard InChI is InChI=1S/C10H21B2N2O2P/c1-16-10(13)4-2-7-14-17(15,9-6-12)8-3-5-11/h13H,2-9H2,1H3,(H,14,15). The quantitative estimate of drug-likeness (QED) is 0.205. The van der Waals surface area contributed by atoms with Crippen LogP contribution in [-0.4, -0.2) is 47.6 Å². The van der Waals surface area contributed by atoms with Crippen molar-refractivity contribution in [1.82, 2.24) is 5.09 Å². The van der Waals surface area contributed by atoms with Gasteiger partial charge < -0.3 is 9.30 Å². The first-order valence-corrected chi connectivity index (χ1v) is 8.00. The van der Waals surface area contributed by atoms with Gasteiger partial charge in [0.1, 0.15) is 7.29 Å². The number of hydrogen-bond acceptors (Lipinski definition) is 3. The van der Waals surface area contributed by atoms with Crippen LogP contribution in [0.5, 0.6) is 0 Å². The predicted octanol–water partition coefficient (Wildman–Crippen LogP) is 1.82. The third-order valence-corrected chi connectivity index (χ3v) is 5.26. The van der Waals surface area contributed by atoms with Crippen molar-refractivity contribution < 1.29 is 9.30 Å². The van der Waals surface area contributed by atoms with Crippen molar-refractivity contribution in [1.29, 1.82) is 5.41 Å². The minimum Gasteiger partial charge on any atom is -0.484 e. The Balaban J connectivity index is 3.91. The first kappa shape index (κ1) is 16.8. The van der Waals surface area contributed by atoms with Gasteiger partial charge in [0.05, 0.1) is 22.8 Å². The van der Waals surface area contributed by atoms with Crippen LogP contribution in [0.15, 0.2) is 0 Å². The van der Waals surface area contributed by atoms with E-state index in [2.05, 4.69) is 5.09 Å². The average Bonchev–Trinajstić information content (AvgIpc) is 2.32. The number of nitrogens with one attached hydrogen (secondary N) is 2. The van der Waals surface area contributed by atoms with Gasteiger partial charge in [-0.25, -0.2) is 0 Å². The molecule has 1 unspecified atom stereocenters. The van der Waals surface area contributed by atoms with Crippen LogP contribution in [0.2, 0.25) is 12.6 Å². The fourth-order valence-corrected chi connectivity index (χ4v) is 3.67. The Bertz CT molecular complexity index is 265. The molecule has 0 aromatic heterocycles. The lowest BCUT2D eigenvalue weighted by Gasteiger charge is -2.19.